The zero-order chi connectivity index (χ0) is 17.7. The first-order valence-electron chi connectivity index (χ1n) is 7.30. The molecule has 1 aromatic carbocycles. The Balaban J connectivity index is 2.01. The highest BCUT2D eigenvalue weighted by molar-refractivity contribution is 8.26. The molecule has 1 N–H and O–H groups in total. The number of hydrogen-bond donors (Lipinski definition) is 1. The van der Waals surface area contributed by atoms with E-state index in [0.29, 0.717) is 20.8 Å². The molecule has 0 radical (unpaired) electrons. The number of nitrogens with one attached hydrogen (secondary N) is 1. The third kappa shape index (κ3) is 5.04. The number of likely N-dealkylation sites (N-methyl/N-ethyl adjacent to an activating group) is 1. The molecule has 0 aromatic heterocycles. The molecule has 0 aliphatic carbocycles. The lowest BCUT2D eigenvalue weighted by Crippen LogP contribution is -2.41. The minimum Gasteiger partial charge on any atom is -0.353 e. The lowest BCUT2D eigenvalue weighted by atomic mass is 10.2. The van der Waals surface area contributed by atoms with Crippen LogP contribution < -0.4 is 5.32 Å². The monoisotopic (exact) mass is 383 g/mol. The fourth-order valence-electron chi connectivity index (χ4n) is 1.99. The molecule has 0 spiro atoms. The molecule has 2 rings (SSSR count). The van der Waals surface area contributed by atoms with Crippen molar-refractivity contribution in [2.45, 2.75) is 0 Å². The van der Waals surface area contributed by atoms with E-state index in [1.807, 2.05) is 37.2 Å². The van der Waals surface area contributed by atoms with E-state index in [1.54, 1.807) is 12.1 Å². The minimum absolute atomic E-state index is 0.0715. The fraction of sp³-hybridized carbons (Fsp3) is 0.312. The molecule has 24 heavy (non-hydrogen) atoms. The summed E-state index contributed by atoms with van der Waals surface area (Å²) >= 11 is 12.5. The lowest BCUT2D eigenvalue weighted by Gasteiger charge is -2.15. The van der Waals surface area contributed by atoms with Gasteiger partial charge in [0.25, 0.3) is 5.91 Å². The van der Waals surface area contributed by atoms with Crippen molar-refractivity contribution in [1.29, 1.82) is 0 Å². The highest BCUT2D eigenvalue weighted by atomic mass is 35.5. The maximum absolute atomic E-state index is 12.5. The highest BCUT2D eigenvalue weighted by Gasteiger charge is 2.33. The van der Waals surface area contributed by atoms with Crippen molar-refractivity contribution in [2.24, 2.45) is 0 Å². The van der Waals surface area contributed by atoms with Crippen LogP contribution in [0.15, 0.2) is 29.2 Å². The van der Waals surface area contributed by atoms with Gasteiger partial charge in [-0.25, -0.2) is 0 Å². The average Bonchev–Trinajstić information content (AvgIpc) is 2.77. The smallest absolute Gasteiger partial charge is 0.266 e. The molecule has 8 heteroatoms. The molecule has 1 aromatic rings. The predicted molar refractivity (Wildman–Crippen MR) is 103 cm³/mol. The zero-order valence-electron chi connectivity index (χ0n) is 13.4. The van der Waals surface area contributed by atoms with Crippen LogP contribution in [0.1, 0.15) is 5.56 Å². The van der Waals surface area contributed by atoms with Gasteiger partial charge >= 0.3 is 0 Å². The number of hydrogen-bond acceptors (Lipinski definition) is 5. The Morgan fingerprint density at radius 3 is 2.79 bits per heavy atom. The van der Waals surface area contributed by atoms with Crippen LogP contribution in [-0.2, 0) is 9.59 Å². The molecule has 5 nitrogen and oxygen atoms in total. The number of carbonyl (C=O) groups is 2. The number of nitrogens with zero attached hydrogens (tertiary/aromatic N) is 2. The van der Waals surface area contributed by atoms with Crippen LogP contribution in [0.4, 0.5) is 0 Å². The molecule has 0 saturated carbocycles. The number of halogens is 1. The Labute approximate surface area is 156 Å². The van der Waals surface area contributed by atoms with E-state index in [1.165, 1.54) is 16.7 Å². The Kier molecular flexibility index (Phi) is 6.79. The summed E-state index contributed by atoms with van der Waals surface area (Å²) in [5, 5.41) is 3.33. The van der Waals surface area contributed by atoms with Gasteiger partial charge in [-0.1, -0.05) is 53.8 Å². The van der Waals surface area contributed by atoms with Gasteiger partial charge < -0.3 is 10.2 Å². The Morgan fingerprint density at radius 2 is 2.12 bits per heavy atom. The first-order chi connectivity index (χ1) is 11.4. The van der Waals surface area contributed by atoms with Gasteiger partial charge in [0, 0.05) is 18.1 Å². The molecule has 0 atom stereocenters. The van der Waals surface area contributed by atoms with Crippen LogP contribution in [0.25, 0.3) is 6.08 Å². The van der Waals surface area contributed by atoms with Gasteiger partial charge in [-0.15, -0.1) is 0 Å². The SMILES string of the molecule is CN(C)CCNC(=O)CN1C(=O)/C(=C\c2ccccc2Cl)SC1=S. The van der Waals surface area contributed by atoms with Crippen molar-refractivity contribution < 1.29 is 9.59 Å². The standard InChI is InChI=1S/C16H18ClN3O2S2/c1-19(2)8-7-18-14(21)10-20-15(22)13(24-16(20)23)9-11-5-3-4-6-12(11)17/h3-6,9H,7-8,10H2,1-2H3,(H,18,21)/b13-9+. The molecule has 1 aliphatic heterocycles. The van der Waals surface area contributed by atoms with E-state index in [2.05, 4.69) is 5.32 Å². The molecule has 1 fully saturated rings. The molecular formula is C16H18ClN3O2S2. The second kappa shape index (κ2) is 8.62. The van der Waals surface area contributed by atoms with Crippen LogP contribution in [0.2, 0.25) is 5.02 Å². The molecule has 2 amide bonds. The summed E-state index contributed by atoms with van der Waals surface area (Å²) in [7, 11) is 3.85. The molecule has 0 bridgehead atoms. The van der Waals surface area contributed by atoms with Gasteiger partial charge in [0.1, 0.15) is 10.9 Å². The lowest BCUT2D eigenvalue weighted by molar-refractivity contribution is -0.128. The van der Waals surface area contributed by atoms with Crippen molar-refractivity contribution in [3.05, 3.63) is 39.8 Å². The number of amides is 2. The van der Waals surface area contributed by atoms with Gasteiger partial charge in [-0.3, -0.25) is 14.5 Å². The Morgan fingerprint density at radius 1 is 1.42 bits per heavy atom. The van der Waals surface area contributed by atoms with E-state index < -0.39 is 0 Å². The Bertz CT molecular complexity index is 692. The fourth-order valence-corrected chi connectivity index (χ4v) is 3.42. The largest absolute Gasteiger partial charge is 0.353 e. The third-order valence-corrected chi connectivity index (χ3v) is 4.97. The highest BCUT2D eigenvalue weighted by Crippen LogP contribution is 2.33. The number of thioether (sulfide) groups is 1. The van der Waals surface area contributed by atoms with Gasteiger partial charge in [0.2, 0.25) is 5.91 Å². The topological polar surface area (TPSA) is 52.7 Å². The molecule has 1 aliphatic rings. The zero-order valence-corrected chi connectivity index (χ0v) is 15.8. The number of benzene rings is 1. The molecule has 0 unspecified atom stereocenters. The maximum atomic E-state index is 12.5. The first kappa shape index (κ1) is 18.9. The number of thiocarbonyl (C=S) groups is 1. The first-order valence-corrected chi connectivity index (χ1v) is 8.90. The predicted octanol–water partition coefficient (Wildman–Crippen LogP) is 2.22. The van der Waals surface area contributed by atoms with Gasteiger partial charge in [0.05, 0.1) is 4.91 Å². The van der Waals surface area contributed by atoms with Crippen LogP contribution in [0.3, 0.4) is 0 Å². The van der Waals surface area contributed by atoms with Crippen LogP contribution in [0, 0.1) is 0 Å². The van der Waals surface area contributed by atoms with Crippen molar-refractivity contribution in [1.82, 2.24) is 15.1 Å². The normalized spacial score (nSPS) is 16.3. The second-order valence-electron chi connectivity index (χ2n) is 5.44. The van der Waals surface area contributed by atoms with E-state index in [9.17, 15) is 9.59 Å². The third-order valence-electron chi connectivity index (χ3n) is 3.25. The summed E-state index contributed by atoms with van der Waals surface area (Å²) in [6, 6.07) is 7.24. The summed E-state index contributed by atoms with van der Waals surface area (Å²) < 4.78 is 0.376. The van der Waals surface area contributed by atoms with Gasteiger partial charge in [-0.2, -0.15) is 0 Å². The van der Waals surface area contributed by atoms with Crippen LogP contribution >= 0.6 is 35.6 Å². The van der Waals surface area contributed by atoms with Gasteiger partial charge in [-0.05, 0) is 31.8 Å². The van der Waals surface area contributed by atoms with Crippen LogP contribution in [-0.4, -0.2) is 59.7 Å². The van der Waals surface area contributed by atoms with E-state index in [0.717, 1.165) is 12.1 Å². The van der Waals surface area contributed by atoms with Crippen LogP contribution in [0.5, 0.6) is 0 Å². The molecule has 1 saturated heterocycles. The summed E-state index contributed by atoms with van der Waals surface area (Å²) in [6.07, 6.45) is 1.70. The van der Waals surface area contributed by atoms with Gasteiger partial charge in [0.15, 0.2) is 0 Å². The summed E-state index contributed by atoms with van der Waals surface area (Å²) in [5.41, 5.74) is 0.745. The number of rotatable bonds is 6. The quantitative estimate of drug-likeness (QED) is 0.603. The average molecular weight is 384 g/mol. The van der Waals surface area contributed by atoms with Crippen molar-refractivity contribution >= 4 is 57.8 Å². The maximum Gasteiger partial charge on any atom is 0.266 e. The Hall–Kier alpha value is -1.41. The molecule has 1 heterocycles. The summed E-state index contributed by atoms with van der Waals surface area (Å²) in [5.74, 6) is -0.500. The molecular weight excluding hydrogens is 366 g/mol. The van der Waals surface area contributed by atoms with Crippen molar-refractivity contribution in [2.75, 3.05) is 33.7 Å². The van der Waals surface area contributed by atoms with E-state index in [4.69, 9.17) is 23.8 Å². The minimum atomic E-state index is -0.271. The molecule has 128 valence electrons. The summed E-state index contributed by atoms with van der Waals surface area (Å²) in [4.78, 5) is 28.2. The second-order valence-corrected chi connectivity index (χ2v) is 7.53. The van der Waals surface area contributed by atoms with Crippen molar-refractivity contribution in [3.8, 4) is 0 Å². The van der Waals surface area contributed by atoms with E-state index in [-0.39, 0.29) is 18.4 Å². The summed E-state index contributed by atoms with van der Waals surface area (Å²) in [6.45, 7) is 1.19. The van der Waals surface area contributed by atoms with Crippen molar-refractivity contribution in [3.63, 3.8) is 0 Å². The number of carbonyl (C=O) groups excluding carboxylic acids is 2. The van der Waals surface area contributed by atoms with E-state index >= 15 is 0 Å².